The number of halogens is 1. The van der Waals surface area contributed by atoms with Gasteiger partial charge in [0, 0.05) is 11.1 Å². The summed E-state index contributed by atoms with van der Waals surface area (Å²) in [6, 6.07) is 12.8. The van der Waals surface area contributed by atoms with Gasteiger partial charge in [-0.15, -0.1) is 0 Å². The van der Waals surface area contributed by atoms with Gasteiger partial charge in [0.05, 0.1) is 11.1 Å². The number of hydrogen-bond donors (Lipinski definition) is 1. The quantitative estimate of drug-likeness (QED) is 0.801. The molecule has 0 bridgehead atoms. The lowest BCUT2D eigenvalue weighted by Crippen LogP contribution is -2.21. The summed E-state index contributed by atoms with van der Waals surface area (Å²) >= 11 is 0. The van der Waals surface area contributed by atoms with Crippen molar-refractivity contribution in [2.45, 2.75) is 6.92 Å². The maximum absolute atomic E-state index is 13.6. The topological polar surface area (TPSA) is 74.3 Å². The van der Waals surface area contributed by atoms with Crippen molar-refractivity contribution in [3.05, 3.63) is 65.6 Å². The van der Waals surface area contributed by atoms with E-state index >= 15 is 0 Å². The second-order valence-corrected chi connectivity index (χ2v) is 5.29. The molecule has 122 valence electrons. The normalized spacial score (nSPS) is 10.8. The third-order valence-corrected chi connectivity index (χ3v) is 3.80. The minimum absolute atomic E-state index is 0.00455. The molecule has 1 heterocycles. The Morgan fingerprint density at radius 3 is 2.50 bits per heavy atom. The van der Waals surface area contributed by atoms with Gasteiger partial charge >= 0.3 is 0 Å². The summed E-state index contributed by atoms with van der Waals surface area (Å²) in [5, 5.41) is 0.599. The third-order valence-electron chi connectivity index (χ3n) is 3.80. The fraction of sp³-hybridized carbons (Fsp3) is 0.111. The summed E-state index contributed by atoms with van der Waals surface area (Å²) in [6.07, 6.45) is 0. The standard InChI is InChI=1S/C18H15FN2O3/c1-11-17(18(20)23)12-6-2-4-8-14(12)21(11)16(22)10-24-15-9-5-3-7-13(15)19/h2-9H,10H2,1H3,(H2,20,23). The molecule has 0 saturated heterocycles. The number of nitrogens with two attached hydrogens (primary N) is 1. The van der Waals surface area contributed by atoms with Crippen molar-refractivity contribution >= 4 is 22.7 Å². The van der Waals surface area contributed by atoms with Gasteiger partial charge in [-0.05, 0) is 25.1 Å². The molecule has 0 saturated carbocycles. The number of primary amides is 1. The van der Waals surface area contributed by atoms with Gasteiger partial charge < -0.3 is 10.5 Å². The number of nitrogens with zero attached hydrogens (tertiary/aromatic N) is 1. The van der Waals surface area contributed by atoms with Crippen molar-refractivity contribution < 1.29 is 18.7 Å². The van der Waals surface area contributed by atoms with Gasteiger partial charge in [-0.3, -0.25) is 14.2 Å². The Morgan fingerprint density at radius 1 is 1.12 bits per heavy atom. The van der Waals surface area contributed by atoms with Crippen LogP contribution in [0.5, 0.6) is 5.75 Å². The molecule has 0 unspecified atom stereocenters. The van der Waals surface area contributed by atoms with Gasteiger partial charge in [-0.2, -0.15) is 0 Å². The summed E-state index contributed by atoms with van der Waals surface area (Å²) in [6.45, 7) is 1.28. The smallest absolute Gasteiger partial charge is 0.269 e. The minimum Gasteiger partial charge on any atom is -0.481 e. The number of carbonyl (C=O) groups excluding carboxylic acids is 2. The predicted molar refractivity (Wildman–Crippen MR) is 87.7 cm³/mol. The third kappa shape index (κ3) is 2.62. The van der Waals surface area contributed by atoms with E-state index in [-0.39, 0.29) is 12.4 Å². The molecule has 0 aliphatic rings. The molecule has 24 heavy (non-hydrogen) atoms. The van der Waals surface area contributed by atoms with Crippen LogP contribution in [-0.2, 0) is 0 Å². The maximum Gasteiger partial charge on any atom is 0.269 e. The minimum atomic E-state index is -0.606. The van der Waals surface area contributed by atoms with Crippen LogP contribution in [0.25, 0.3) is 10.9 Å². The van der Waals surface area contributed by atoms with Crippen LogP contribution < -0.4 is 10.5 Å². The van der Waals surface area contributed by atoms with Crippen molar-refractivity contribution in [2.24, 2.45) is 5.73 Å². The number of benzene rings is 2. The molecular formula is C18H15FN2O3. The Labute approximate surface area is 137 Å². The number of rotatable bonds is 4. The number of aromatic nitrogens is 1. The first-order chi connectivity index (χ1) is 11.5. The molecule has 2 aromatic carbocycles. The van der Waals surface area contributed by atoms with Crippen LogP contribution in [0.3, 0.4) is 0 Å². The predicted octanol–water partition coefficient (Wildman–Crippen LogP) is 2.91. The summed E-state index contributed by atoms with van der Waals surface area (Å²) in [5.74, 6) is -1.57. The van der Waals surface area contributed by atoms with Crippen LogP contribution in [0.1, 0.15) is 20.8 Å². The first kappa shape index (κ1) is 15.7. The molecule has 0 spiro atoms. The van der Waals surface area contributed by atoms with E-state index < -0.39 is 17.6 Å². The zero-order chi connectivity index (χ0) is 17.3. The highest BCUT2D eigenvalue weighted by atomic mass is 19.1. The van der Waals surface area contributed by atoms with Crippen molar-refractivity contribution in [1.29, 1.82) is 0 Å². The Balaban J connectivity index is 1.97. The van der Waals surface area contributed by atoms with Gasteiger partial charge in [-0.1, -0.05) is 30.3 Å². The molecule has 5 nitrogen and oxygen atoms in total. The van der Waals surface area contributed by atoms with Crippen LogP contribution in [0, 0.1) is 12.7 Å². The number of ether oxygens (including phenoxy) is 1. The van der Waals surface area contributed by atoms with Crippen molar-refractivity contribution in [3.8, 4) is 5.75 Å². The van der Waals surface area contributed by atoms with E-state index in [0.29, 0.717) is 22.2 Å². The van der Waals surface area contributed by atoms with Crippen LogP contribution in [0.4, 0.5) is 4.39 Å². The lowest BCUT2D eigenvalue weighted by Gasteiger charge is -2.09. The molecule has 3 rings (SSSR count). The van der Waals surface area contributed by atoms with Crippen molar-refractivity contribution in [1.82, 2.24) is 4.57 Å². The fourth-order valence-electron chi connectivity index (χ4n) is 2.77. The Kier molecular flexibility index (Phi) is 4.04. The highest BCUT2D eigenvalue weighted by Gasteiger charge is 2.21. The summed E-state index contributed by atoms with van der Waals surface area (Å²) < 4.78 is 20.2. The first-order valence-electron chi connectivity index (χ1n) is 7.31. The first-order valence-corrected chi connectivity index (χ1v) is 7.31. The van der Waals surface area contributed by atoms with Gasteiger partial charge in [-0.25, -0.2) is 4.39 Å². The lowest BCUT2D eigenvalue weighted by atomic mass is 10.1. The molecule has 0 fully saturated rings. The molecule has 3 aromatic rings. The van der Waals surface area contributed by atoms with Crippen LogP contribution in [-0.4, -0.2) is 23.0 Å². The number of para-hydroxylation sites is 2. The zero-order valence-corrected chi connectivity index (χ0v) is 13.0. The number of fused-ring (bicyclic) bond motifs is 1. The Hall–Kier alpha value is -3.15. The highest BCUT2D eigenvalue weighted by molar-refractivity contribution is 6.10. The lowest BCUT2D eigenvalue weighted by molar-refractivity contribution is 0.0838. The number of amides is 1. The molecule has 1 amide bonds. The second kappa shape index (κ2) is 6.16. The van der Waals surface area contributed by atoms with Crippen LogP contribution in [0.15, 0.2) is 48.5 Å². The summed E-state index contributed by atoms with van der Waals surface area (Å²) in [7, 11) is 0. The van der Waals surface area contributed by atoms with E-state index in [4.69, 9.17) is 10.5 Å². The van der Waals surface area contributed by atoms with Crippen molar-refractivity contribution in [3.63, 3.8) is 0 Å². The van der Waals surface area contributed by atoms with E-state index in [1.807, 2.05) is 0 Å². The molecule has 2 N–H and O–H groups in total. The maximum atomic E-state index is 13.6. The molecule has 0 aliphatic heterocycles. The molecule has 6 heteroatoms. The Bertz CT molecular complexity index is 947. The second-order valence-electron chi connectivity index (χ2n) is 5.29. The van der Waals surface area contributed by atoms with E-state index in [1.165, 1.54) is 22.8 Å². The molecule has 1 aromatic heterocycles. The Morgan fingerprint density at radius 2 is 1.79 bits per heavy atom. The fourth-order valence-corrected chi connectivity index (χ4v) is 2.77. The van der Waals surface area contributed by atoms with E-state index in [2.05, 4.69) is 0 Å². The monoisotopic (exact) mass is 326 g/mol. The summed E-state index contributed by atoms with van der Waals surface area (Å²) in [4.78, 5) is 24.3. The average molecular weight is 326 g/mol. The highest BCUT2D eigenvalue weighted by Crippen LogP contribution is 2.25. The summed E-state index contributed by atoms with van der Waals surface area (Å²) in [5.41, 5.74) is 6.73. The van der Waals surface area contributed by atoms with Gasteiger partial charge in [0.2, 0.25) is 0 Å². The SMILES string of the molecule is Cc1c(C(N)=O)c2ccccc2n1C(=O)COc1ccccc1F. The largest absolute Gasteiger partial charge is 0.481 e. The van der Waals surface area contributed by atoms with Crippen LogP contribution >= 0.6 is 0 Å². The van der Waals surface area contributed by atoms with Gasteiger partial charge in [0.25, 0.3) is 11.8 Å². The van der Waals surface area contributed by atoms with Gasteiger partial charge in [0.1, 0.15) is 0 Å². The molecule has 0 radical (unpaired) electrons. The van der Waals surface area contributed by atoms with Crippen LogP contribution in [0.2, 0.25) is 0 Å². The molecule has 0 aliphatic carbocycles. The van der Waals surface area contributed by atoms with E-state index in [0.717, 1.165) is 0 Å². The molecular weight excluding hydrogens is 311 g/mol. The zero-order valence-electron chi connectivity index (χ0n) is 13.0. The molecule has 0 atom stereocenters. The average Bonchev–Trinajstić information content (AvgIpc) is 2.86. The number of carbonyl (C=O) groups is 2. The number of hydrogen-bond acceptors (Lipinski definition) is 3. The van der Waals surface area contributed by atoms with E-state index in [9.17, 15) is 14.0 Å². The van der Waals surface area contributed by atoms with Gasteiger partial charge in [0.15, 0.2) is 18.2 Å². The van der Waals surface area contributed by atoms with E-state index in [1.54, 1.807) is 37.3 Å². The van der Waals surface area contributed by atoms with Crippen molar-refractivity contribution in [2.75, 3.05) is 6.61 Å².